The first-order valence-corrected chi connectivity index (χ1v) is 4.86. The Balaban J connectivity index is 2.25. The van der Waals surface area contributed by atoms with Gasteiger partial charge in [0.25, 0.3) is 0 Å². The molecule has 2 unspecified atom stereocenters. The third-order valence-electron chi connectivity index (χ3n) is 2.33. The molecular weight excluding hydrogens is 184 g/mol. The molecule has 0 aromatic carbocycles. The molecule has 1 aliphatic rings. The Bertz CT molecular complexity index is 230. The molecule has 2 atom stereocenters. The van der Waals surface area contributed by atoms with Gasteiger partial charge in [-0.3, -0.25) is 9.59 Å². The highest BCUT2D eigenvalue weighted by Gasteiger charge is 2.27. The highest BCUT2D eigenvalue weighted by Crippen LogP contribution is 2.08. The molecule has 5 heteroatoms. The predicted molar refractivity (Wildman–Crippen MR) is 50.4 cm³/mol. The third-order valence-corrected chi connectivity index (χ3v) is 2.33. The van der Waals surface area contributed by atoms with Crippen molar-refractivity contribution in [1.82, 2.24) is 10.6 Å². The Labute approximate surface area is 82.9 Å². The number of nitrogens with one attached hydrogen (secondary N) is 2. The molecule has 14 heavy (non-hydrogen) atoms. The lowest BCUT2D eigenvalue weighted by Gasteiger charge is -2.11. The van der Waals surface area contributed by atoms with Crippen LogP contribution >= 0.6 is 0 Å². The summed E-state index contributed by atoms with van der Waals surface area (Å²) in [7, 11) is 0. The Morgan fingerprint density at radius 1 is 1.79 bits per heavy atom. The molecule has 0 aromatic heterocycles. The van der Waals surface area contributed by atoms with Crippen LogP contribution in [0.2, 0.25) is 0 Å². The van der Waals surface area contributed by atoms with Gasteiger partial charge in [0.05, 0.1) is 12.0 Å². The average Bonchev–Trinajstić information content (AvgIpc) is 2.60. The Morgan fingerprint density at radius 2 is 2.50 bits per heavy atom. The maximum Gasteiger partial charge on any atom is 0.225 e. The van der Waals surface area contributed by atoms with Crippen LogP contribution in [-0.2, 0) is 9.59 Å². The van der Waals surface area contributed by atoms with Crippen LogP contribution in [0.25, 0.3) is 0 Å². The molecule has 3 N–H and O–H groups in total. The van der Waals surface area contributed by atoms with Gasteiger partial charge in [0.15, 0.2) is 0 Å². The molecule has 2 amide bonds. The van der Waals surface area contributed by atoms with Crippen LogP contribution in [0, 0.1) is 5.92 Å². The van der Waals surface area contributed by atoms with Gasteiger partial charge in [0.1, 0.15) is 0 Å². The molecular formula is C9H16N2O3. The Kier molecular flexibility index (Phi) is 3.88. The van der Waals surface area contributed by atoms with E-state index in [0.717, 1.165) is 0 Å². The van der Waals surface area contributed by atoms with Crippen molar-refractivity contribution in [1.29, 1.82) is 0 Å². The van der Waals surface area contributed by atoms with Crippen LogP contribution in [0.4, 0.5) is 0 Å². The lowest BCUT2D eigenvalue weighted by atomic mass is 10.1. The fraction of sp³-hybridized carbons (Fsp3) is 0.778. The molecule has 1 aliphatic heterocycles. The van der Waals surface area contributed by atoms with Gasteiger partial charge in [-0.2, -0.15) is 0 Å². The minimum absolute atomic E-state index is 0.0822. The van der Waals surface area contributed by atoms with E-state index in [2.05, 4.69) is 10.6 Å². The molecule has 1 rings (SSSR count). The molecule has 1 saturated heterocycles. The van der Waals surface area contributed by atoms with Crippen molar-refractivity contribution in [3.05, 3.63) is 0 Å². The van der Waals surface area contributed by atoms with Crippen molar-refractivity contribution in [3.8, 4) is 0 Å². The highest BCUT2D eigenvalue weighted by atomic mass is 16.3. The molecule has 0 aliphatic carbocycles. The van der Waals surface area contributed by atoms with Crippen molar-refractivity contribution in [3.63, 3.8) is 0 Å². The van der Waals surface area contributed by atoms with E-state index in [1.165, 1.54) is 0 Å². The second-order valence-electron chi connectivity index (χ2n) is 3.51. The molecule has 1 fully saturated rings. The van der Waals surface area contributed by atoms with Gasteiger partial charge in [-0.15, -0.1) is 0 Å². The standard InChI is InChI=1S/C9H16N2O3/c1-2-7(12)5-11-9(14)6-3-8(13)10-4-6/h6-7,12H,2-5H2,1H3,(H,10,13)(H,11,14). The maximum absolute atomic E-state index is 11.4. The zero-order valence-corrected chi connectivity index (χ0v) is 8.25. The van der Waals surface area contributed by atoms with Gasteiger partial charge in [0.2, 0.25) is 11.8 Å². The summed E-state index contributed by atoms with van der Waals surface area (Å²) in [5.74, 6) is -0.511. The monoisotopic (exact) mass is 200 g/mol. The van der Waals surface area contributed by atoms with E-state index >= 15 is 0 Å². The fourth-order valence-corrected chi connectivity index (χ4v) is 1.30. The molecule has 80 valence electrons. The van der Waals surface area contributed by atoms with Crippen LogP contribution in [-0.4, -0.2) is 36.1 Å². The Hall–Kier alpha value is -1.10. The minimum atomic E-state index is -0.496. The third kappa shape index (κ3) is 2.99. The Morgan fingerprint density at radius 3 is 3.00 bits per heavy atom. The summed E-state index contributed by atoms with van der Waals surface area (Å²) in [6.45, 7) is 2.52. The lowest BCUT2D eigenvalue weighted by Crippen LogP contribution is -2.36. The summed E-state index contributed by atoms with van der Waals surface area (Å²) < 4.78 is 0. The van der Waals surface area contributed by atoms with E-state index in [1.807, 2.05) is 6.92 Å². The number of amides is 2. The molecule has 0 spiro atoms. The SMILES string of the molecule is CCC(O)CNC(=O)C1CNC(=O)C1. The van der Waals surface area contributed by atoms with Crippen LogP contribution in [0.1, 0.15) is 19.8 Å². The van der Waals surface area contributed by atoms with Crippen molar-refractivity contribution < 1.29 is 14.7 Å². The van der Waals surface area contributed by atoms with Gasteiger partial charge in [0, 0.05) is 19.5 Å². The molecule has 0 radical (unpaired) electrons. The van der Waals surface area contributed by atoms with Crippen molar-refractivity contribution >= 4 is 11.8 Å². The zero-order chi connectivity index (χ0) is 10.6. The molecule has 1 heterocycles. The summed E-state index contributed by atoms with van der Waals surface area (Å²) in [6.07, 6.45) is 0.375. The normalized spacial score (nSPS) is 23.0. The van der Waals surface area contributed by atoms with Gasteiger partial charge < -0.3 is 15.7 Å². The number of hydrogen-bond acceptors (Lipinski definition) is 3. The van der Waals surface area contributed by atoms with Gasteiger partial charge in [-0.05, 0) is 6.42 Å². The second-order valence-corrected chi connectivity index (χ2v) is 3.51. The predicted octanol–water partition coefficient (Wildman–Crippen LogP) is -0.990. The number of hydrogen-bond donors (Lipinski definition) is 3. The number of carbonyl (C=O) groups excluding carboxylic acids is 2. The van der Waals surface area contributed by atoms with Gasteiger partial charge in [-0.25, -0.2) is 0 Å². The van der Waals surface area contributed by atoms with E-state index in [-0.39, 0.29) is 30.7 Å². The first-order chi connectivity index (χ1) is 6.63. The summed E-state index contributed by atoms with van der Waals surface area (Å²) in [6, 6.07) is 0. The van der Waals surface area contributed by atoms with Crippen molar-refractivity contribution in [2.24, 2.45) is 5.92 Å². The van der Waals surface area contributed by atoms with Gasteiger partial charge >= 0.3 is 0 Å². The van der Waals surface area contributed by atoms with Crippen LogP contribution in [0.5, 0.6) is 0 Å². The van der Waals surface area contributed by atoms with E-state index in [9.17, 15) is 14.7 Å². The summed E-state index contributed by atoms with van der Waals surface area (Å²) in [4.78, 5) is 22.2. The highest BCUT2D eigenvalue weighted by molar-refractivity contribution is 5.89. The number of rotatable bonds is 4. The summed E-state index contributed by atoms with van der Waals surface area (Å²) in [5, 5.41) is 14.4. The maximum atomic E-state index is 11.4. The van der Waals surface area contributed by atoms with E-state index in [0.29, 0.717) is 13.0 Å². The van der Waals surface area contributed by atoms with E-state index in [4.69, 9.17) is 0 Å². The van der Waals surface area contributed by atoms with Crippen LogP contribution in [0.3, 0.4) is 0 Å². The van der Waals surface area contributed by atoms with E-state index < -0.39 is 6.10 Å². The fourth-order valence-electron chi connectivity index (χ4n) is 1.30. The second kappa shape index (κ2) is 4.95. The topological polar surface area (TPSA) is 78.4 Å². The van der Waals surface area contributed by atoms with Crippen LogP contribution < -0.4 is 10.6 Å². The zero-order valence-electron chi connectivity index (χ0n) is 8.25. The number of aliphatic hydroxyl groups excluding tert-OH is 1. The number of carbonyl (C=O) groups is 2. The molecule has 0 aromatic rings. The van der Waals surface area contributed by atoms with Crippen molar-refractivity contribution in [2.45, 2.75) is 25.9 Å². The smallest absolute Gasteiger partial charge is 0.225 e. The summed E-state index contributed by atoms with van der Waals surface area (Å²) >= 11 is 0. The largest absolute Gasteiger partial charge is 0.391 e. The lowest BCUT2D eigenvalue weighted by molar-refractivity contribution is -0.126. The molecule has 5 nitrogen and oxygen atoms in total. The molecule has 0 saturated carbocycles. The quantitative estimate of drug-likeness (QED) is 0.545. The summed E-state index contributed by atoms with van der Waals surface area (Å²) in [5.41, 5.74) is 0. The van der Waals surface area contributed by atoms with E-state index in [1.54, 1.807) is 0 Å². The number of aliphatic hydroxyl groups is 1. The average molecular weight is 200 g/mol. The van der Waals surface area contributed by atoms with Crippen molar-refractivity contribution in [2.75, 3.05) is 13.1 Å². The molecule has 0 bridgehead atoms. The first-order valence-electron chi connectivity index (χ1n) is 4.86. The van der Waals surface area contributed by atoms with Gasteiger partial charge in [-0.1, -0.05) is 6.92 Å². The van der Waals surface area contributed by atoms with Crippen LogP contribution in [0.15, 0.2) is 0 Å². The minimum Gasteiger partial charge on any atom is -0.391 e. The first kappa shape index (κ1) is 11.0.